The van der Waals surface area contributed by atoms with Crippen LogP contribution in [0, 0.1) is 11.3 Å². The monoisotopic (exact) mass is 314 g/mol. The summed E-state index contributed by atoms with van der Waals surface area (Å²) < 4.78 is 0. The molecule has 0 aromatic heterocycles. The summed E-state index contributed by atoms with van der Waals surface area (Å²) >= 11 is 0. The second-order valence-electron chi connectivity index (χ2n) is 6.69. The molecule has 0 aromatic carbocycles. The summed E-state index contributed by atoms with van der Waals surface area (Å²) in [5, 5.41) is 23.8. The van der Waals surface area contributed by atoms with E-state index in [0.29, 0.717) is 6.42 Å². The average molecular weight is 314 g/mol. The fourth-order valence-corrected chi connectivity index (χ4v) is 1.91. The van der Waals surface area contributed by atoms with E-state index in [1.54, 1.807) is 13.0 Å². The minimum absolute atomic E-state index is 0.0183. The average Bonchev–Trinajstić information content (AvgIpc) is 2.42. The fraction of sp³-hybridized carbons (Fsp3) is 0.750. The van der Waals surface area contributed by atoms with E-state index in [-0.39, 0.29) is 48.9 Å². The summed E-state index contributed by atoms with van der Waals surface area (Å²) in [5.74, 6) is -1.11. The summed E-state index contributed by atoms with van der Waals surface area (Å²) in [7, 11) is 0. The number of rotatable bonds is 9. The molecule has 0 rings (SSSR count). The van der Waals surface area contributed by atoms with Crippen LogP contribution in [0.25, 0.3) is 0 Å². The Morgan fingerprint density at radius 2 is 1.77 bits per heavy atom. The van der Waals surface area contributed by atoms with Gasteiger partial charge in [-0.15, -0.1) is 6.58 Å². The minimum Gasteiger partial charge on any atom is -0.394 e. The second-order valence-corrected chi connectivity index (χ2v) is 6.69. The van der Waals surface area contributed by atoms with E-state index in [1.165, 1.54) is 0 Å². The van der Waals surface area contributed by atoms with Gasteiger partial charge in [0.1, 0.15) is 0 Å². The van der Waals surface area contributed by atoms with Crippen LogP contribution in [-0.4, -0.2) is 47.3 Å². The Labute approximate surface area is 133 Å². The number of carbonyl (C=O) groups excluding carboxylic acids is 2. The number of allylic oxidation sites excluding steroid dienone is 1. The van der Waals surface area contributed by atoms with Crippen molar-refractivity contribution in [1.82, 2.24) is 10.6 Å². The molecule has 0 saturated heterocycles. The van der Waals surface area contributed by atoms with Crippen LogP contribution in [0.5, 0.6) is 0 Å². The van der Waals surface area contributed by atoms with Gasteiger partial charge in [-0.25, -0.2) is 0 Å². The lowest BCUT2D eigenvalue weighted by Crippen LogP contribution is -2.49. The first-order valence-electron chi connectivity index (χ1n) is 7.58. The lowest BCUT2D eigenvalue weighted by atomic mass is 9.86. The van der Waals surface area contributed by atoms with Crippen molar-refractivity contribution in [3.05, 3.63) is 12.7 Å². The molecule has 3 atom stereocenters. The minimum atomic E-state index is -0.542. The smallest absolute Gasteiger partial charge is 0.224 e. The first-order chi connectivity index (χ1) is 10.1. The van der Waals surface area contributed by atoms with E-state index in [0.717, 1.165) is 0 Å². The van der Waals surface area contributed by atoms with Crippen LogP contribution in [0.4, 0.5) is 0 Å². The molecule has 0 bridgehead atoms. The standard InChI is InChI=1S/C16H30N2O4/c1-6-7-12(8-14(21)17-11(2)9-19)15(22)18-13(10-20)16(3,4)5/h6,11-13,19-20H,1,7-10H2,2-5H3,(H,17,21)(H,18,22)/t11-,12-,13-/m1/s1. The molecule has 4 N–H and O–H groups in total. The van der Waals surface area contributed by atoms with Crippen molar-refractivity contribution < 1.29 is 19.8 Å². The maximum absolute atomic E-state index is 12.3. The van der Waals surface area contributed by atoms with Gasteiger partial charge in [0.05, 0.1) is 25.2 Å². The molecule has 6 heteroatoms. The summed E-state index contributed by atoms with van der Waals surface area (Å²) in [6.07, 6.45) is 1.98. The summed E-state index contributed by atoms with van der Waals surface area (Å²) in [5.41, 5.74) is -0.281. The molecule has 0 unspecified atom stereocenters. The highest BCUT2D eigenvalue weighted by Gasteiger charge is 2.29. The number of hydrogen-bond acceptors (Lipinski definition) is 4. The molecule has 0 aliphatic carbocycles. The summed E-state index contributed by atoms with van der Waals surface area (Å²) in [4.78, 5) is 24.2. The molecule has 2 amide bonds. The first kappa shape index (κ1) is 20.6. The first-order valence-corrected chi connectivity index (χ1v) is 7.58. The molecule has 0 aliphatic rings. The van der Waals surface area contributed by atoms with E-state index in [2.05, 4.69) is 17.2 Å². The number of amides is 2. The lowest BCUT2D eigenvalue weighted by molar-refractivity contribution is -0.131. The predicted octanol–water partition coefficient (Wildman–Crippen LogP) is 0.589. The van der Waals surface area contributed by atoms with Gasteiger partial charge in [0.25, 0.3) is 0 Å². The molecule has 0 aromatic rings. The van der Waals surface area contributed by atoms with Gasteiger partial charge < -0.3 is 20.8 Å². The van der Waals surface area contributed by atoms with Gasteiger partial charge in [0, 0.05) is 12.5 Å². The highest BCUT2D eigenvalue weighted by atomic mass is 16.3. The van der Waals surface area contributed by atoms with Crippen LogP contribution in [-0.2, 0) is 9.59 Å². The largest absolute Gasteiger partial charge is 0.394 e. The molecular weight excluding hydrogens is 284 g/mol. The van der Waals surface area contributed by atoms with Crippen LogP contribution in [0.1, 0.15) is 40.5 Å². The number of carbonyl (C=O) groups is 2. The third-order valence-electron chi connectivity index (χ3n) is 3.48. The van der Waals surface area contributed by atoms with Crippen LogP contribution in [0.3, 0.4) is 0 Å². The number of hydrogen-bond donors (Lipinski definition) is 4. The Balaban J connectivity index is 4.76. The fourth-order valence-electron chi connectivity index (χ4n) is 1.91. The van der Waals surface area contributed by atoms with Crippen molar-refractivity contribution >= 4 is 11.8 Å². The Kier molecular flexibility index (Phi) is 8.97. The van der Waals surface area contributed by atoms with Crippen LogP contribution in [0.15, 0.2) is 12.7 Å². The molecular formula is C16H30N2O4. The maximum Gasteiger partial charge on any atom is 0.224 e. The number of aliphatic hydroxyl groups excluding tert-OH is 2. The van der Waals surface area contributed by atoms with Gasteiger partial charge in [0.15, 0.2) is 0 Å². The maximum atomic E-state index is 12.3. The van der Waals surface area contributed by atoms with Crippen molar-refractivity contribution in [2.75, 3.05) is 13.2 Å². The lowest BCUT2D eigenvalue weighted by Gasteiger charge is -2.31. The van der Waals surface area contributed by atoms with Crippen LogP contribution >= 0.6 is 0 Å². The summed E-state index contributed by atoms with van der Waals surface area (Å²) in [6.45, 7) is 10.8. The van der Waals surface area contributed by atoms with Crippen molar-refractivity contribution in [3.8, 4) is 0 Å². The Morgan fingerprint density at radius 3 is 2.18 bits per heavy atom. The molecule has 6 nitrogen and oxygen atoms in total. The zero-order chi connectivity index (χ0) is 17.3. The third-order valence-corrected chi connectivity index (χ3v) is 3.48. The highest BCUT2D eigenvalue weighted by molar-refractivity contribution is 5.86. The Morgan fingerprint density at radius 1 is 1.18 bits per heavy atom. The van der Waals surface area contributed by atoms with E-state index in [4.69, 9.17) is 5.11 Å². The van der Waals surface area contributed by atoms with Crippen molar-refractivity contribution in [1.29, 1.82) is 0 Å². The van der Waals surface area contributed by atoms with Gasteiger partial charge in [0.2, 0.25) is 11.8 Å². The van der Waals surface area contributed by atoms with E-state index >= 15 is 0 Å². The SMILES string of the molecule is C=CC[C@H](CC(=O)N[C@H](C)CO)C(=O)N[C@H](CO)C(C)(C)C. The zero-order valence-corrected chi connectivity index (χ0v) is 14.1. The van der Waals surface area contributed by atoms with Crippen molar-refractivity contribution in [2.45, 2.75) is 52.6 Å². The van der Waals surface area contributed by atoms with Crippen LogP contribution < -0.4 is 10.6 Å². The normalized spacial score (nSPS) is 15.5. The predicted molar refractivity (Wildman–Crippen MR) is 86.1 cm³/mol. The number of nitrogens with one attached hydrogen (secondary N) is 2. The number of aliphatic hydroxyl groups is 2. The Hall–Kier alpha value is -1.40. The molecule has 0 heterocycles. The molecule has 0 fully saturated rings. The van der Waals surface area contributed by atoms with Crippen molar-refractivity contribution in [3.63, 3.8) is 0 Å². The zero-order valence-electron chi connectivity index (χ0n) is 14.1. The van der Waals surface area contributed by atoms with E-state index < -0.39 is 5.92 Å². The molecule has 0 radical (unpaired) electrons. The third kappa shape index (κ3) is 7.56. The van der Waals surface area contributed by atoms with Gasteiger partial charge >= 0.3 is 0 Å². The van der Waals surface area contributed by atoms with Gasteiger partial charge in [-0.05, 0) is 18.8 Å². The quantitative estimate of drug-likeness (QED) is 0.468. The molecule has 0 spiro atoms. The topological polar surface area (TPSA) is 98.7 Å². The Bertz CT molecular complexity index is 377. The van der Waals surface area contributed by atoms with Crippen molar-refractivity contribution in [2.24, 2.45) is 11.3 Å². The van der Waals surface area contributed by atoms with Crippen LogP contribution in [0.2, 0.25) is 0 Å². The molecule has 128 valence electrons. The molecule has 0 saturated carbocycles. The summed E-state index contributed by atoms with van der Waals surface area (Å²) in [6, 6.07) is -0.730. The molecule has 22 heavy (non-hydrogen) atoms. The van der Waals surface area contributed by atoms with E-state index in [9.17, 15) is 14.7 Å². The van der Waals surface area contributed by atoms with Gasteiger partial charge in [-0.2, -0.15) is 0 Å². The second kappa shape index (κ2) is 9.58. The van der Waals surface area contributed by atoms with E-state index in [1.807, 2.05) is 20.8 Å². The highest BCUT2D eigenvalue weighted by Crippen LogP contribution is 2.20. The van der Waals surface area contributed by atoms with Gasteiger partial charge in [-0.1, -0.05) is 26.8 Å². The van der Waals surface area contributed by atoms with Gasteiger partial charge in [-0.3, -0.25) is 9.59 Å². The molecule has 0 aliphatic heterocycles.